The van der Waals surface area contributed by atoms with E-state index in [0.29, 0.717) is 0 Å². The van der Waals surface area contributed by atoms with E-state index in [9.17, 15) is 0 Å². The van der Waals surface area contributed by atoms with Gasteiger partial charge in [-0.25, -0.2) is 4.98 Å². The van der Waals surface area contributed by atoms with Crippen LogP contribution in [-0.2, 0) is 19.3 Å². The number of anilines is 1. The van der Waals surface area contributed by atoms with E-state index in [1.807, 2.05) is 36.4 Å². The number of nitrogen functional groups attached to an aromatic ring is 1. The fraction of sp³-hybridized carbons (Fsp3) is 0.222. The van der Waals surface area contributed by atoms with E-state index in [4.69, 9.17) is 10.5 Å². The number of ether oxygens (including phenoxy) is 1. The molecule has 0 atom stereocenters. The Morgan fingerprint density at radius 2 is 1.65 bits per heavy atom. The van der Waals surface area contributed by atoms with Gasteiger partial charge in [-0.05, 0) is 41.8 Å². The molecule has 0 aliphatic rings. The Labute approximate surface area is 135 Å². The van der Waals surface area contributed by atoms with Gasteiger partial charge in [-0.2, -0.15) is 5.10 Å². The smallest absolute Gasteiger partial charge is 0.151 e. The minimum Gasteiger partial charge on any atom is -0.497 e. The maximum atomic E-state index is 5.69. The van der Waals surface area contributed by atoms with E-state index < -0.39 is 0 Å². The van der Waals surface area contributed by atoms with Crippen LogP contribution in [0.15, 0.2) is 48.5 Å². The fourth-order valence-electron chi connectivity index (χ4n) is 2.40. The lowest BCUT2D eigenvalue weighted by atomic mass is 10.1. The van der Waals surface area contributed by atoms with Crippen LogP contribution in [-0.4, -0.2) is 22.3 Å². The maximum Gasteiger partial charge on any atom is 0.151 e. The second kappa shape index (κ2) is 6.96. The third-order valence-electron chi connectivity index (χ3n) is 3.73. The van der Waals surface area contributed by atoms with Gasteiger partial charge in [-0.1, -0.05) is 24.3 Å². The van der Waals surface area contributed by atoms with Gasteiger partial charge in [0.1, 0.15) is 11.6 Å². The van der Waals surface area contributed by atoms with Crippen LogP contribution in [0.25, 0.3) is 0 Å². The molecular formula is C18H20N4O. The Hall–Kier alpha value is -2.82. The number of aromatic nitrogens is 3. The molecule has 0 aliphatic carbocycles. The molecule has 0 amide bonds. The van der Waals surface area contributed by atoms with Crippen molar-refractivity contribution < 1.29 is 4.74 Å². The van der Waals surface area contributed by atoms with Gasteiger partial charge in [0.15, 0.2) is 5.82 Å². The van der Waals surface area contributed by atoms with Crippen LogP contribution in [0, 0.1) is 0 Å². The number of aryl methyl sites for hydroxylation is 2. The molecule has 23 heavy (non-hydrogen) atoms. The molecule has 0 radical (unpaired) electrons. The summed E-state index contributed by atoms with van der Waals surface area (Å²) in [6, 6.07) is 15.9. The summed E-state index contributed by atoms with van der Waals surface area (Å²) in [5.74, 6) is 2.59. The second-order valence-electron chi connectivity index (χ2n) is 5.46. The highest BCUT2D eigenvalue weighted by Gasteiger charge is 2.05. The first-order valence-corrected chi connectivity index (χ1v) is 7.60. The third-order valence-corrected chi connectivity index (χ3v) is 3.73. The average Bonchev–Trinajstić information content (AvgIpc) is 3.03. The van der Waals surface area contributed by atoms with Crippen LogP contribution in [0.4, 0.5) is 5.69 Å². The van der Waals surface area contributed by atoms with Crippen molar-refractivity contribution in [2.45, 2.75) is 19.3 Å². The summed E-state index contributed by atoms with van der Waals surface area (Å²) in [5, 5.41) is 7.30. The topological polar surface area (TPSA) is 76.8 Å². The Morgan fingerprint density at radius 1 is 0.957 bits per heavy atom. The highest BCUT2D eigenvalue weighted by atomic mass is 16.5. The van der Waals surface area contributed by atoms with E-state index in [1.54, 1.807) is 7.11 Å². The molecule has 5 nitrogen and oxygen atoms in total. The summed E-state index contributed by atoms with van der Waals surface area (Å²) >= 11 is 0. The number of hydrogen-bond acceptors (Lipinski definition) is 4. The van der Waals surface area contributed by atoms with Gasteiger partial charge in [0, 0.05) is 18.5 Å². The number of H-pyrrole nitrogens is 1. The fourth-order valence-corrected chi connectivity index (χ4v) is 2.40. The highest BCUT2D eigenvalue weighted by Crippen LogP contribution is 2.13. The van der Waals surface area contributed by atoms with Crippen molar-refractivity contribution in [2.24, 2.45) is 0 Å². The monoisotopic (exact) mass is 308 g/mol. The largest absolute Gasteiger partial charge is 0.497 e. The lowest BCUT2D eigenvalue weighted by molar-refractivity contribution is 0.414. The molecule has 0 fully saturated rings. The van der Waals surface area contributed by atoms with Crippen molar-refractivity contribution in [1.29, 1.82) is 0 Å². The van der Waals surface area contributed by atoms with Gasteiger partial charge >= 0.3 is 0 Å². The predicted octanol–water partition coefficient (Wildman–Crippen LogP) is 2.77. The summed E-state index contributed by atoms with van der Waals surface area (Å²) in [6.07, 6.45) is 2.45. The third kappa shape index (κ3) is 4.10. The Morgan fingerprint density at radius 3 is 2.35 bits per heavy atom. The van der Waals surface area contributed by atoms with Crippen molar-refractivity contribution in [2.75, 3.05) is 12.8 Å². The second-order valence-corrected chi connectivity index (χ2v) is 5.46. The first-order chi connectivity index (χ1) is 11.2. The zero-order chi connectivity index (χ0) is 16.1. The zero-order valence-corrected chi connectivity index (χ0v) is 13.1. The standard InChI is InChI=1S/C18H20N4O/c1-23-16-9-4-13(5-10-16)6-11-17-20-18(22-21-17)12-14-2-7-15(19)8-3-14/h2-5,7-10H,6,11-12,19H2,1H3,(H,20,21,22). The molecule has 3 aromatic rings. The molecule has 118 valence electrons. The summed E-state index contributed by atoms with van der Waals surface area (Å²) in [5.41, 5.74) is 8.87. The van der Waals surface area contributed by atoms with Gasteiger partial charge in [0.05, 0.1) is 7.11 Å². The Balaban J connectivity index is 1.57. The molecule has 0 aliphatic heterocycles. The summed E-state index contributed by atoms with van der Waals surface area (Å²) in [4.78, 5) is 4.55. The van der Waals surface area contributed by atoms with Crippen molar-refractivity contribution in [3.8, 4) is 5.75 Å². The molecule has 0 unspecified atom stereocenters. The first kappa shape index (κ1) is 15.1. The van der Waals surface area contributed by atoms with Crippen LogP contribution >= 0.6 is 0 Å². The normalized spacial score (nSPS) is 10.7. The zero-order valence-electron chi connectivity index (χ0n) is 13.1. The summed E-state index contributed by atoms with van der Waals surface area (Å²) in [6.45, 7) is 0. The first-order valence-electron chi connectivity index (χ1n) is 7.60. The SMILES string of the molecule is COc1ccc(CCc2n[nH]c(Cc3ccc(N)cc3)n2)cc1. The van der Waals surface area contributed by atoms with Crippen molar-refractivity contribution in [3.63, 3.8) is 0 Å². The van der Waals surface area contributed by atoms with E-state index in [2.05, 4.69) is 27.3 Å². The highest BCUT2D eigenvalue weighted by molar-refractivity contribution is 5.39. The van der Waals surface area contributed by atoms with Crippen LogP contribution in [0.1, 0.15) is 22.8 Å². The molecule has 0 saturated carbocycles. The minimum atomic E-state index is 0.732. The van der Waals surface area contributed by atoms with Gasteiger partial charge in [-0.3, -0.25) is 5.10 Å². The number of hydrogen-bond donors (Lipinski definition) is 2. The number of methoxy groups -OCH3 is 1. The molecule has 0 bridgehead atoms. The summed E-state index contributed by atoms with van der Waals surface area (Å²) in [7, 11) is 1.67. The van der Waals surface area contributed by atoms with Crippen LogP contribution < -0.4 is 10.5 Å². The van der Waals surface area contributed by atoms with Crippen LogP contribution in [0.5, 0.6) is 5.75 Å². The predicted molar refractivity (Wildman–Crippen MR) is 90.4 cm³/mol. The minimum absolute atomic E-state index is 0.732. The average molecular weight is 308 g/mol. The van der Waals surface area contributed by atoms with Gasteiger partial charge in [0.25, 0.3) is 0 Å². The van der Waals surface area contributed by atoms with Crippen molar-refractivity contribution >= 4 is 5.69 Å². The molecule has 5 heteroatoms. The number of nitrogens with zero attached hydrogens (tertiary/aromatic N) is 2. The molecule has 3 N–H and O–H groups in total. The van der Waals surface area contributed by atoms with E-state index in [-0.39, 0.29) is 0 Å². The lowest BCUT2D eigenvalue weighted by Gasteiger charge is -2.01. The number of nitrogens with two attached hydrogens (primary N) is 1. The number of rotatable bonds is 6. The molecule has 0 spiro atoms. The van der Waals surface area contributed by atoms with Crippen LogP contribution in [0.3, 0.4) is 0 Å². The Kier molecular flexibility index (Phi) is 4.57. The van der Waals surface area contributed by atoms with Gasteiger partial charge in [0.2, 0.25) is 0 Å². The molecule has 1 aromatic heterocycles. The molecule has 0 saturated heterocycles. The van der Waals surface area contributed by atoms with Crippen LogP contribution in [0.2, 0.25) is 0 Å². The van der Waals surface area contributed by atoms with Crippen molar-refractivity contribution in [3.05, 3.63) is 71.3 Å². The number of nitrogens with one attached hydrogen (secondary N) is 1. The van der Waals surface area contributed by atoms with Crippen molar-refractivity contribution in [1.82, 2.24) is 15.2 Å². The Bertz CT molecular complexity index is 747. The maximum absolute atomic E-state index is 5.69. The molecule has 1 heterocycles. The molecule has 2 aromatic carbocycles. The van der Waals surface area contributed by atoms with Gasteiger partial charge < -0.3 is 10.5 Å². The molecular weight excluding hydrogens is 288 g/mol. The van der Waals surface area contributed by atoms with E-state index in [0.717, 1.165) is 47.9 Å². The van der Waals surface area contributed by atoms with Gasteiger partial charge in [-0.15, -0.1) is 0 Å². The van der Waals surface area contributed by atoms with E-state index in [1.165, 1.54) is 5.56 Å². The quantitative estimate of drug-likeness (QED) is 0.686. The number of benzene rings is 2. The number of aromatic amines is 1. The lowest BCUT2D eigenvalue weighted by Crippen LogP contribution is -1.95. The molecule has 3 rings (SSSR count). The summed E-state index contributed by atoms with van der Waals surface area (Å²) < 4.78 is 5.16. The van der Waals surface area contributed by atoms with E-state index >= 15 is 0 Å².